The van der Waals surface area contributed by atoms with Crippen LogP contribution in [0.2, 0.25) is 0 Å². The third-order valence-electron chi connectivity index (χ3n) is 12.4. The summed E-state index contributed by atoms with van der Waals surface area (Å²) in [4.78, 5) is 0. The second kappa shape index (κ2) is 80.4. The summed E-state index contributed by atoms with van der Waals surface area (Å²) in [6.45, 7) is 58.7. The van der Waals surface area contributed by atoms with Gasteiger partial charge < -0.3 is 79.2 Å². The largest absolute Gasteiger partial charge is 0.395 e. The first-order valence-corrected chi connectivity index (χ1v) is 34.0. The van der Waals surface area contributed by atoms with Crippen molar-refractivity contribution < 1.29 is 24.8 Å². The van der Waals surface area contributed by atoms with Crippen molar-refractivity contribution in [3.8, 4) is 0 Å². The Morgan fingerprint density at radius 3 is 1.06 bits per heavy atom. The number of ether oxygens (including phenoxy) is 2. The molecular weight excluding hydrogens is 1050 g/mol. The first kappa shape index (κ1) is 102. The highest BCUT2D eigenvalue weighted by molar-refractivity contribution is 4.80. The molecule has 84 heavy (non-hydrogen) atoms. The fraction of sp³-hybridized carbons (Fsp3) is 1.00. The number of methoxy groups -OCH3 is 2. The molecule has 6 atom stereocenters. The van der Waals surface area contributed by atoms with Crippen LogP contribution in [0.1, 0.15) is 236 Å². The molecule has 0 amide bonds. The summed E-state index contributed by atoms with van der Waals surface area (Å²) in [6, 6.07) is 3.21. The van der Waals surface area contributed by atoms with Gasteiger partial charge in [0.15, 0.2) is 0 Å². The third-order valence-corrected chi connectivity index (χ3v) is 12.4. The maximum atomic E-state index is 8.71. The number of nitrogens with one attached hydrogen (secondary N) is 7. The molecular formula is C69H166N10O5. The predicted molar refractivity (Wildman–Crippen MR) is 380 cm³/mol. The Morgan fingerprint density at radius 1 is 0.417 bits per heavy atom. The SMILES string of the molecule is CC(C)CCN.CC(C)CCNC1CC1.CC(C)CCNCCO.CC(C)C[C@@H](C)N.CC(C)C[C@H](N)CO.CNCCC(C)C.CN[C@H](C)CC(C)C.CN[C@H](CO)CC(C)C.CN[C@H](COC)CC(C)C.COC[C@H](C)NCCC(C)C. The van der Waals surface area contributed by atoms with Gasteiger partial charge >= 0.3 is 0 Å². The van der Waals surface area contributed by atoms with Crippen molar-refractivity contribution in [2.45, 2.75) is 279 Å². The molecule has 0 unspecified atom stereocenters. The molecule has 0 radical (unpaired) electrons. The molecule has 1 rings (SSSR count). The van der Waals surface area contributed by atoms with E-state index in [0.29, 0.717) is 36.0 Å². The molecule has 15 heteroatoms. The van der Waals surface area contributed by atoms with Crippen molar-refractivity contribution in [3.05, 3.63) is 0 Å². The second-order valence-electron chi connectivity index (χ2n) is 27.7. The van der Waals surface area contributed by atoms with Crippen molar-refractivity contribution in [1.82, 2.24) is 37.2 Å². The molecule has 0 aliphatic heterocycles. The van der Waals surface area contributed by atoms with Crippen LogP contribution in [0.15, 0.2) is 0 Å². The summed E-state index contributed by atoms with van der Waals surface area (Å²) in [6.07, 6.45) is 14.6. The van der Waals surface area contributed by atoms with Gasteiger partial charge in [-0.15, -0.1) is 0 Å². The minimum Gasteiger partial charge on any atom is -0.395 e. The van der Waals surface area contributed by atoms with Gasteiger partial charge in [-0.05, 0) is 218 Å². The van der Waals surface area contributed by atoms with E-state index < -0.39 is 0 Å². The molecule has 1 aliphatic carbocycles. The molecule has 0 bridgehead atoms. The van der Waals surface area contributed by atoms with Crippen molar-refractivity contribution in [2.75, 3.05) is 115 Å². The van der Waals surface area contributed by atoms with E-state index in [9.17, 15) is 0 Å². The number of aliphatic hydroxyl groups excluding tert-OH is 3. The summed E-state index contributed by atoms with van der Waals surface area (Å²) >= 11 is 0. The Labute approximate surface area is 529 Å². The fourth-order valence-electron chi connectivity index (χ4n) is 7.29. The van der Waals surface area contributed by atoms with Gasteiger partial charge in [-0.3, -0.25) is 0 Å². The molecule has 0 aromatic carbocycles. The standard InChI is InChI=1S/C9H21NO.C8H19NO.C8H17N.2C7H17NO.C7H17N.C6H15NO.2C6H15N.C5H13N/c1-8(2)5-6-10-9(3)7-11-4;1-7(2)5-8(9-3)6-10-4;1-7(2)5-6-9-8-3-4-8;1-6(2)4-7(5-9)8-3;1-7(2)3-4-8-5-6-9;1-6(2)5-7(3)8-4;1-5(2)3-6(7)4-8;1-6(2)4-5-7-3;1-5(2)4-6(3)7;1-5(2)3-4-6/h8-10H,5-7H2,1-4H3;7-9H,5-6H2,1-4H3;7-9H,3-6H2,1-2H3;6-9H,4-5H2,1-3H3;7-9H,3-6H2,1-2H3;6-8H,5H2,1-4H3;5-6,8H,3-4,7H2,1-2H3;6-7H,4-5H2,1-3H3;5-6H,4,7H2,1-3H3;5H,3-4,6H2,1-2H3/t9-;8-;;7-;;7-;6-;;6-;/m00.0.10.1./s1. The number of likely N-dealkylation sites (N-methyl/N-ethyl adjacent to an activating group) is 2. The monoisotopic (exact) mass is 1220 g/mol. The molecule has 15 nitrogen and oxygen atoms in total. The van der Waals surface area contributed by atoms with Gasteiger partial charge in [-0.25, -0.2) is 0 Å². The van der Waals surface area contributed by atoms with Crippen molar-refractivity contribution >= 4 is 0 Å². The summed E-state index contributed by atoms with van der Waals surface area (Å²) in [5.41, 5.74) is 16.1. The number of hydrogen-bond donors (Lipinski definition) is 13. The minimum absolute atomic E-state index is 0.0185. The van der Waals surface area contributed by atoms with Crippen LogP contribution in [0, 0.1) is 59.2 Å². The van der Waals surface area contributed by atoms with E-state index in [4.69, 9.17) is 42.0 Å². The zero-order valence-electron chi connectivity index (χ0n) is 62.5. The Hall–Kier alpha value is -0.600. The first-order valence-electron chi connectivity index (χ1n) is 34.0. The van der Waals surface area contributed by atoms with E-state index in [-0.39, 0.29) is 31.9 Å². The average Bonchev–Trinajstić information content (AvgIpc) is 4.21. The van der Waals surface area contributed by atoms with Gasteiger partial charge in [0.05, 0.1) is 33.0 Å². The predicted octanol–water partition coefficient (Wildman–Crippen LogP) is 11.6. The lowest BCUT2D eigenvalue weighted by Crippen LogP contribution is -2.31. The molecule has 0 aromatic heterocycles. The average molecular weight is 1220 g/mol. The molecule has 16 N–H and O–H groups in total. The molecule has 0 spiro atoms. The van der Waals surface area contributed by atoms with E-state index >= 15 is 0 Å². The van der Waals surface area contributed by atoms with Crippen LogP contribution >= 0.6 is 0 Å². The van der Waals surface area contributed by atoms with Crippen LogP contribution in [0.5, 0.6) is 0 Å². The minimum atomic E-state index is -0.0185. The molecule has 0 saturated heterocycles. The van der Waals surface area contributed by atoms with Gasteiger partial charge in [0.1, 0.15) is 0 Å². The van der Waals surface area contributed by atoms with Gasteiger partial charge in [0.25, 0.3) is 0 Å². The maximum Gasteiger partial charge on any atom is 0.0615 e. The Balaban J connectivity index is -0.000000107. The number of hydrogen-bond acceptors (Lipinski definition) is 15. The lowest BCUT2D eigenvalue weighted by molar-refractivity contribution is 0.160. The fourth-order valence-corrected chi connectivity index (χ4v) is 7.29. The van der Waals surface area contributed by atoms with Crippen LogP contribution in [-0.2, 0) is 9.47 Å². The van der Waals surface area contributed by atoms with Crippen LogP contribution in [-0.4, -0.2) is 172 Å². The zero-order valence-corrected chi connectivity index (χ0v) is 62.5. The van der Waals surface area contributed by atoms with Crippen LogP contribution in [0.25, 0.3) is 0 Å². The summed E-state index contributed by atoms with van der Waals surface area (Å²) in [7, 11) is 11.3. The second-order valence-corrected chi connectivity index (χ2v) is 27.7. The molecule has 1 aliphatic rings. The van der Waals surface area contributed by atoms with Crippen molar-refractivity contribution in [2.24, 2.45) is 76.4 Å². The summed E-state index contributed by atoms with van der Waals surface area (Å²) in [5.74, 6) is 7.59. The van der Waals surface area contributed by atoms with E-state index in [2.05, 4.69) is 190 Å². The quantitative estimate of drug-likeness (QED) is 0.0259. The maximum absolute atomic E-state index is 8.71. The first-order chi connectivity index (χ1) is 39.1. The Bertz CT molecular complexity index is 1070. The number of nitrogens with two attached hydrogens (primary N) is 3. The Kier molecular flexibility index (Phi) is 97.9. The van der Waals surface area contributed by atoms with Crippen molar-refractivity contribution in [3.63, 3.8) is 0 Å². The van der Waals surface area contributed by atoms with Crippen LogP contribution in [0.4, 0.5) is 0 Å². The van der Waals surface area contributed by atoms with Gasteiger partial charge in [0.2, 0.25) is 0 Å². The normalized spacial score (nSPS) is 13.8. The van der Waals surface area contributed by atoms with Gasteiger partial charge in [-0.1, -0.05) is 138 Å². The van der Waals surface area contributed by atoms with Gasteiger partial charge in [-0.2, -0.15) is 0 Å². The molecule has 1 saturated carbocycles. The molecule has 522 valence electrons. The third kappa shape index (κ3) is 131. The Morgan fingerprint density at radius 2 is 0.821 bits per heavy atom. The van der Waals surface area contributed by atoms with E-state index in [1.165, 1.54) is 57.9 Å². The van der Waals surface area contributed by atoms with Gasteiger partial charge in [0, 0.05) is 63.1 Å². The lowest BCUT2D eigenvalue weighted by Gasteiger charge is -2.16. The van der Waals surface area contributed by atoms with Crippen LogP contribution in [0.3, 0.4) is 0 Å². The highest BCUT2D eigenvalue weighted by atomic mass is 16.5. The van der Waals surface area contributed by atoms with E-state index in [1.54, 1.807) is 14.2 Å². The summed E-state index contributed by atoms with van der Waals surface area (Å²) < 4.78 is 10.0. The van der Waals surface area contributed by atoms with E-state index in [1.807, 2.05) is 35.1 Å². The smallest absolute Gasteiger partial charge is 0.0615 e. The summed E-state index contributed by atoms with van der Waals surface area (Å²) in [5, 5.41) is 48.1. The van der Waals surface area contributed by atoms with Crippen LogP contribution < -0.4 is 54.4 Å². The number of aliphatic hydroxyl groups is 3. The highest BCUT2D eigenvalue weighted by Crippen LogP contribution is 2.18. The molecule has 1 fully saturated rings. The lowest BCUT2D eigenvalue weighted by atomic mass is 10.1. The van der Waals surface area contributed by atoms with Crippen molar-refractivity contribution in [1.29, 1.82) is 0 Å². The molecule has 0 aromatic rings. The number of rotatable bonds is 37. The highest BCUT2D eigenvalue weighted by Gasteiger charge is 2.19. The molecule has 0 heterocycles. The topological polar surface area (TPSA) is 241 Å². The zero-order chi connectivity index (χ0) is 67.4. The van der Waals surface area contributed by atoms with E-state index in [0.717, 1.165) is 125 Å².